The molecule has 0 spiro atoms. The van der Waals surface area contributed by atoms with Gasteiger partial charge in [-0.25, -0.2) is 17.5 Å². The van der Waals surface area contributed by atoms with Crippen LogP contribution in [0, 0.1) is 5.82 Å². The van der Waals surface area contributed by atoms with E-state index in [4.69, 9.17) is 0 Å². The van der Waals surface area contributed by atoms with Crippen molar-refractivity contribution in [2.75, 3.05) is 13.7 Å². The molecule has 0 aromatic heterocycles. The summed E-state index contributed by atoms with van der Waals surface area (Å²) in [5.74, 6) is -0.501. The van der Waals surface area contributed by atoms with E-state index in [-0.39, 0.29) is 11.4 Å². The summed E-state index contributed by atoms with van der Waals surface area (Å²) < 4.78 is 40.6. The van der Waals surface area contributed by atoms with Gasteiger partial charge in [0, 0.05) is 12.1 Å². The molecule has 0 fully saturated rings. The molecule has 2 aromatic carbocycles. The number of hydrogen-bond donors (Lipinski definition) is 1. The number of hydrogen-bond acceptors (Lipinski definition) is 4. The molecular formula is C15H15FN2O3S. The first-order valence-electron chi connectivity index (χ1n) is 6.44. The minimum absolute atomic E-state index is 0.00548. The van der Waals surface area contributed by atoms with Gasteiger partial charge in [-0.15, -0.1) is 0 Å². The van der Waals surface area contributed by atoms with Crippen LogP contribution in [-0.4, -0.2) is 28.3 Å². The average Bonchev–Trinajstić information content (AvgIpc) is 2.52. The Morgan fingerprint density at radius 1 is 1.23 bits per heavy atom. The van der Waals surface area contributed by atoms with Gasteiger partial charge in [0.05, 0.1) is 11.1 Å². The Morgan fingerprint density at radius 3 is 2.64 bits per heavy atom. The van der Waals surface area contributed by atoms with Crippen molar-refractivity contribution >= 4 is 16.2 Å². The third kappa shape index (κ3) is 3.90. The summed E-state index contributed by atoms with van der Waals surface area (Å²) in [5.41, 5.74) is 0.921. The van der Waals surface area contributed by atoms with Crippen molar-refractivity contribution in [3.63, 3.8) is 0 Å². The van der Waals surface area contributed by atoms with E-state index in [2.05, 4.69) is 14.7 Å². The maximum absolute atomic E-state index is 13.5. The third-order valence-corrected chi connectivity index (χ3v) is 4.34. The largest absolute Gasteiger partial charge is 0.399 e. The van der Waals surface area contributed by atoms with E-state index in [9.17, 15) is 12.8 Å². The van der Waals surface area contributed by atoms with Gasteiger partial charge >= 0.3 is 0 Å². The molecule has 2 aromatic rings. The Hall–Kier alpha value is -2.25. The maximum atomic E-state index is 13.5. The van der Waals surface area contributed by atoms with Crippen LogP contribution in [0.1, 0.15) is 0 Å². The normalized spacial score (nSPS) is 11.7. The summed E-state index contributed by atoms with van der Waals surface area (Å²) in [6.07, 6.45) is 1.28. The van der Waals surface area contributed by atoms with Gasteiger partial charge in [-0.05, 0) is 23.8 Å². The molecule has 0 unspecified atom stereocenters. The number of oxime groups is 1. The number of benzene rings is 2. The Labute approximate surface area is 128 Å². The van der Waals surface area contributed by atoms with Crippen molar-refractivity contribution in [3.05, 3.63) is 54.3 Å². The minimum atomic E-state index is -3.80. The maximum Gasteiger partial charge on any atom is 0.241 e. The van der Waals surface area contributed by atoms with Crippen LogP contribution in [0.5, 0.6) is 0 Å². The SMILES string of the molecule is CON=CCNS(=O)(=O)c1ccc(F)cc1-c1ccccc1. The Kier molecular flexibility index (Phi) is 5.24. The first kappa shape index (κ1) is 16.1. The Morgan fingerprint density at radius 2 is 1.95 bits per heavy atom. The number of nitrogens with one attached hydrogen (secondary N) is 1. The molecule has 2 rings (SSSR count). The fourth-order valence-corrected chi connectivity index (χ4v) is 3.08. The number of sulfonamides is 1. The van der Waals surface area contributed by atoms with Gasteiger partial charge in [-0.1, -0.05) is 35.5 Å². The van der Waals surface area contributed by atoms with Crippen molar-refractivity contribution in [2.45, 2.75) is 4.90 Å². The summed E-state index contributed by atoms with van der Waals surface area (Å²) in [6.45, 7) is -0.0260. The summed E-state index contributed by atoms with van der Waals surface area (Å²) in [6, 6.07) is 12.3. The molecule has 22 heavy (non-hydrogen) atoms. The van der Waals surface area contributed by atoms with Crippen LogP contribution in [0.2, 0.25) is 0 Å². The van der Waals surface area contributed by atoms with Gasteiger partial charge in [-0.2, -0.15) is 0 Å². The lowest BCUT2D eigenvalue weighted by molar-refractivity contribution is 0.215. The Balaban J connectivity index is 2.41. The molecule has 0 aliphatic carbocycles. The average molecular weight is 322 g/mol. The van der Waals surface area contributed by atoms with E-state index in [0.717, 1.165) is 6.07 Å². The van der Waals surface area contributed by atoms with E-state index in [1.807, 2.05) is 0 Å². The molecule has 0 saturated carbocycles. The van der Waals surface area contributed by atoms with Crippen LogP contribution >= 0.6 is 0 Å². The molecule has 0 amide bonds. The molecule has 0 saturated heterocycles. The standard InChI is InChI=1S/C15H15FN2O3S/c1-21-17-9-10-18-22(19,20)15-8-7-13(16)11-14(15)12-5-3-2-4-6-12/h2-9,11,18H,10H2,1H3. The van der Waals surface area contributed by atoms with Gasteiger partial charge in [0.15, 0.2) is 0 Å². The molecular weight excluding hydrogens is 307 g/mol. The van der Waals surface area contributed by atoms with Crippen LogP contribution in [0.3, 0.4) is 0 Å². The quantitative estimate of drug-likeness (QED) is 0.656. The monoisotopic (exact) mass is 322 g/mol. The smallest absolute Gasteiger partial charge is 0.241 e. The predicted octanol–water partition coefficient (Wildman–Crippen LogP) is 2.40. The molecule has 116 valence electrons. The molecule has 1 N–H and O–H groups in total. The van der Waals surface area contributed by atoms with E-state index >= 15 is 0 Å². The summed E-state index contributed by atoms with van der Waals surface area (Å²) in [4.78, 5) is 4.46. The fourth-order valence-electron chi connectivity index (χ4n) is 1.92. The first-order chi connectivity index (χ1) is 10.5. The second-order valence-electron chi connectivity index (χ2n) is 4.33. The highest BCUT2D eigenvalue weighted by atomic mass is 32.2. The van der Waals surface area contributed by atoms with Gasteiger partial charge in [0.25, 0.3) is 0 Å². The molecule has 0 atom stereocenters. The van der Waals surface area contributed by atoms with E-state index in [0.29, 0.717) is 11.1 Å². The molecule has 0 bridgehead atoms. The van der Waals surface area contributed by atoms with Crippen molar-refractivity contribution < 1.29 is 17.6 Å². The van der Waals surface area contributed by atoms with Gasteiger partial charge < -0.3 is 4.84 Å². The minimum Gasteiger partial charge on any atom is -0.399 e. The van der Waals surface area contributed by atoms with Gasteiger partial charge in [0.2, 0.25) is 10.0 Å². The van der Waals surface area contributed by atoms with Crippen molar-refractivity contribution in [3.8, 4) is 11.1 Å². The summed E-state index contributed by atoms with van der Waals surface area (Å²) in [5, 5.41) is 3.45. The zero-order chi connectivity index (χ0) is 16.0. The van der Waals surface area contributed by atoms with Crippen molar-refractivity contribution in [2.24, 2.45) is 5.16 Å². The van der Waals surface area contributed by atoms with Gasteiger partial charge in [-0.3, -0.25) is 0 Å². The molecule has 5 nitrogen and oxygen atoms in total. The number of rotatable bonds is 6. The van der Waals surface area contributed by atoms with Crippen molar-refractivity contribution in [1.82, 2.24) is 4.72 Å². The zero-order valence-corrected chi connectivity index (χ0v) is 12.7. The first-order valence-corrected chi connectivity index (χ1v) is 7.92. The lowest BCUT2D eigenvalue weighted by Crippen LogP contribution is -2.26. The lowest BCUT2D eigenvalue weighted by atomic mass is 10.1. The second-order valence-corrected chi connectivity index (χ2v) is 6.06. The summed E-state index contributed by atoms with van der Waals surface area (Å²) >= 11 is 0. The van der Waals surface area contributed by atoms with Crippen LogP contribution in [0.25, 0.3) is 11.1 Å². The van der Waals surface area contributed by atoms with Crippen LogP contribution in [0.4, 0.5) is 4.39 Å². The highest BCUT2D eigenvalue weighted by Gasteiger charge is 2.19. The van der Waals surface area contributed by atoms with E-state index in [1.54, 1.807) is 30.3 Å². The molecule has 0 aliphatic heterocycles. The highest BCUT2D eigenvalue weighted by Crippen LogP contribution is 2.27. The predicted molar refractivity (Wildman–Crippen MR) is 82.5 cm³/mol. The highest BCUT2D eigenvalue weighted by molar-refractivity contribution is 7.89. The zero-order valence-electron chi connectivity index (χ0n) is 11.9. The molecule has 0 heterocycles. The van der Waals surface area contributed by atoms with Gasteiger partial charge in [0.1, 0.15) is 12.9 Å². The lowest BCUT2D eigenvalue weighted by Gasteiger charge is -2.11. The number of halogens is 1. The van der Waals surface area contributed by atoms with Crippen molar-refractivity contribution in [1.29, 1.82) is 0 Å². The van der Waals surface area contributed by atoms with E-state index in [1.165, 1.54) is 25.5 Å². The van der Waals surface area contributed by atoms with Crippen LogP contribution in [-0.2, 0) is 14.9 Å². The Bertz CT molecular complexity index is 762. The second kappa shape index (κ2) is 7.15. The van der Waals surface area contributed by atoms with E-state index < -0.39 is 15.8 Å². The number of nitrogens with zero attached hydrogens (tertiary/aromatic N) is 1. The van der Waals surface area contributed by atoms with Crippen LogP contribution in [0.15, 0.2) is 58.6 Å². The molecule has 0 radical (unpaired) electrons. The van der Waals surface area contributed by atoms with Crippen LogP contribution < -0.4 is 4.72 Å². The summed E-state index contributed by atoms with van der Waals surface area (Å²) in [7, 11) is -2.44. The topological polar surface area (TPSA) is 67.8 Å². The molecule has 0 aliphatic rings. The fraction of sp³-hybridized carbons (Fsp3) is 0.133. The third-order valence-electron chi connectivity index (χ3n) is 2.86. The molecule has 7 heteroatoms.